The average molecular weight is 439 g/mol. The van der Waals surface area contributed by atoms with Crippen LogP contribution in [0.2, 0.25) is 0 Å². The monoisotopic (exact) mass is 438 g/mol. The minimum atomic E-state index is 0.378. The summed E-state index contributed by atoms with van der Waals surface area (Å²) in [7, 11) is 0. The summed E-state index contributed by atoms with van der Waals surface area (Å²) in [5.74, 6) is 2.63. The molecule has 1 fully saturated rings. The van der Waals surface area contributed by atoms with Crippen molar-refractivity contribution in [3.63, 3.8) is 0 Å². The molecule has 4 aromatic rings. The minimum Gasteiger partial charge on any atom is -0.494 e. The summed E-state index contributed by atoms with van der Waals surface area (Å²) < 4.78 is 5.60. The van der Waals surface area contributed by atoms with Crippen molar-refractivity contribution in [2.75, 3.05) is 36.0 Å². The van der Waals surface area contributed by atoms with E-state index in [0.29, 0.717) is 12.6 Å². The molecule has 1 aliphatic heterocycles. The summed E-state index contributed by atoms with van der Waals surface area (Å²) in [6, 6.07) is 25.5. The van der Waals surface area contributed by atoms with Crippen molar-refractivity contribution in [3.05, 3.63) is 78.4 Å². The van der Waals surface area contributed by atoms with Gasteiger partial charge in [0.1, 0.15) is 11.6 Å². The summed E-state index contributed by atoms with van der Waals surface area (Å²) in [6.45, 7) is 9.89. The average Bonchev–Trinajstić information content (AvgIpc) is 2.84. The van der Waals surface area contributed by atoms with Gasteiger partial charge < -0.3 is 14.5 Å². The van der Waals surface area contributed by atoms with Crippen LogP contribution in [0.1, 0.15) is 19.4 Å². The van der Waals surface area contributed by atoms with Gasteiger partial charge in [0.15, 0.2) is 5.82 Å². The van der Waals surface area contributed by atoms with E-state index >= 15 is 0 Å². The van der Waals surface area contributed by atoms with Gasteiger partial charge in [0.2, 0.25) is 0 Å². The predicted octanol–water partition coefficient (Wildman–Crippen LogP) is 5.72. The van der Waals surface area contributed by atoms with Crippen LogP contribution in [0, 0.1) is 6.92 Å². The Hall–Kier alpha value is -3.60. The van der Waals surface area contributed by atoms with Crippen molar-refractivity contribution in [1.82, 2.24) is 9.97 Å². The van der Waals surface area contributed by atoms with Crippen LogP contribution in [-0.4, -0.2) is 42.3 Å². The normalized spacial score (nSPS) is 16.3. The van der Waals surface area contributed by atoms with Crippen molar-refractivity contribution in [2.45, 2.75) is 26.8 Å². The highest BCUT2D eigenvalue weighted by Crippen LogP contribution is 2.31. The Morgan fingerprint density at radius 1 is 0.939 bits per heavy atom. The molecule has 3 aromatic carbocycles. The molecule has 0 amide bonds. The first-order valence-electron chi connectivity index (χ1n) is 11.7. The maximum atomic E-state index is 5.60. The first-order chi connectivity index (χ1) is 16.1. The molecule has 0 bridgehead atoms. The van der Waals surface area contributed by atoms with E-state index in [1.165, 1.54) is 11.3 Å². The smallest absolute Gasteiger partial charge is 0.162 e. The standard InChI is InChI=1S/C28H30N4O/c1-4-33-24-14-12-22(13-15-24)27-29-26-11-6-5-10-25(26)28(30-27)31-16-17-32(21(3)19-31)23-9-7-8-20(2)18-23/h5-15,18,21H,4,16-17,19H2,1-3H3/t21-/m1/s1. The van der Waals surface area contributed by atoms with Crippen LogP contribution in [0.15, 0.2) is 72.8 Å². The molecule has 5 rings (SSSR count). The third-order valence-corrected chi connectivity index (χ3v) is 6.27. The van der Waals surface area contributed by atoms with Crippen LogP contribution in [0.3, 0.4) is 0 Å². The lowest BCUT2D eigenvalue weighted by atomic mass is 10.1. The Morgan fingerprint density at radius 3 is 2.52 bits per heavy atom. The number of para-hydroxylation sites is 1. The molecular weight excluding hydrogens is 408 g/mol. The summed E-state index contributed by atoms with van der Waals surface area (Å²) in [5, 5.41) is 1.10. The molecule has 0 unspecified atom stereocenters. The molecule has 0 N–H and O–H groups in total. The molecule has 1 saturated heterocycles. The summed E-state index contributed by atoms with van der Waals surface area (Å²) >= 11 is 0. The lowest BCUT2D eigenvalue weighted by Crippen LogP contribution is -2.52. The molecule has 33 heavy (non-hydrogen) atoms. The Labute approximate surface area is 195 Å². The van der Waals surface area contributed by atoms with Gasteiger partial charge in [-0.3, -0.25) is 0 Å². The van der Waals surface area contributed by atoms with E-state index in [0.717, 1.165) is 53.5 Å². The SMILES string of the molecule is CCOc1ccc(-c2nc(N3CCN(c4cccc(C)c4)[C@H](C)C3)c3ccccc3n2)cc1. The lowest BCUT2D eigenvalue weighted by molar-refractivity contribution is 0.340. The zero-order chi connectivity index (χ0) is 22.8. The van der Waals surface area contributed by atoms with Gasteiger partial charge in [0.05, 0.1) is 12.1 Å². The maximum Gasteiger partial charge on any atom is 0.162 e. The molecule has 1 aliphatic rings. The number of ether oxygens (including phenoxy) is 1. The fourth-order valence-electron chi connectivity index (χ4n) is 4.64. The second-order valence-corrected chi connectivity index (χ2v) is 8.67. The molecule has 2 heterocycles. The Morgan fingerprint density at radius 2 is 1.76 bits per heavy atom. The van der Waals surface area contributed by atoms with Crippen molar-refractivity contribution in [3.8, 4) is 17.1 Å². The second kappa shape index (κ2) is 9.10. The number of nitrogens with zero attached hydrogens (tertiary/aromatic N) is 4. The van der Waals surface area contributed by atoms with Crippen LogP contribution in [0.4, 0.5) is 11.5 Å². The lowest BCUT2D eigenvalue weighted by Gasteiger charge is -2.42. The molecule has 168 valence electrons. The van der Waals surface area contributed by atoms with E-state index in [9.17, 15) is 0 Å². The van der Waals surface area contributed by atoms with Crippen LogP contribution in [0.25, 0.3) is 22.3 Å². The molecule has 0 radical (unpaired) electrons. The highest BCUT2D eigenvalue weighted by molar-refractivity contribution is 5.91. The molecule has 0 spiro atoms. The van der Waals surface area contributed by atoms with E-state index in [2.05, 4.69) is 66.1 Å². The van der Waals surface area contributed by atoms with Crippen LogP contribution < -0.4 is 14.5 Å². The van der Waals surface area contributed by atoms with Crippen molar-refractivity contribution < 1.29 is 4.74 Å². The van der Waals surface area contributed by atoms with Gasteiger partial charge in [0, 0.05) is 42.3 Å². The van der Waals surface area contributed by atoms with Gasteiger partial charge in [-0.1, -0.05) is 24.3 Å². The Balaban J connectivity index is 1.47. The quantitative estimate of drug-likeness (QED) is 0.399. The summed E-state index contributed by atoms with van der Waals surface area (Å²) in [5.41, 5.74) is 4.56. The fraction of sp³-hybridized carbons (Fsp3) is 0.286. The number of fused-ring (bicyclic) bond motifs is 1. The third kappa shape index (κ3) is 4.36. The Kier molecular flexibility index (Phi) is 5.86. The number of aryl methyl sites for hydroxylation is 1. The van der Waals surface area contributed by atoms with Crippen molar-refractivity contribution in [1.29, 1.82) is 0 Å². The number of aromatic nitrogens is 2. The van der Waals surface area contributed by atoms with Gasteiger partial charge in [-0.2, -0.15) is 0 Å². The van der Waals surface area contributed by atoms with Gasteiger partial charge >= 0.3 is 0 Å². The third-order valence-electron chi connectivity index (χ3n) is 6.27. The largest absolute Gasteiger partial charge is 0.494 e. The molecule has 1 atom stereocenters. The molecule has 1 aromatic heterocycles. The molecular formula is C28H30N4O. The number of hydrogen-bond acceptors (Lipinski definition) is 5. The number of benzene rings is 3. The number of piperazine rings is 1. The maximum absolute atomic E-state index is 5.60. The van der Waals surface area contributed by atoms with Gasteiger partial charge in [0.25, 0.3) is 0 Å². The van der Waals surface area contributed by atoms with Crippen LogP contribution in [0.5, 0.6) is 5.75 Å². The molecule has 0 saturated carbocycles. The Bertz CT molecular complexity index is 1250. The van der Waals surface area contributed by atoms with Crippen LogP contribution >= 0.6 is 0 Å². The molecule has 5 heteroatoms. The van der Waals surface area contributed by atoms with Gasteiger partial charge in [-0.05, 0) is 74.9 Å². The van der Waals surface area contributed by atoms with E-state index in [1.807, 2.05) is 37.3 Å². The zero-order valence-electron chi connectivity index (χ0n) is 19.5. The van der Waals surface area contributed by atoms with E-state index in [1.54, 1.807) is 0 Å². The summed E-state index contributed by atoms with van der Waals surface area (Å²) in [6.07, 6.45) is 0. The first kappa shape index (κ1) is 21.3. The van der Waals surface area contributed by atoms with E-state index < -0.39 is 0 Å². The molecule has 5 nitrogen and oxygen atoms in total. The van der Waals surface area contributed by atoms with Crippen molar-refractivity contribution >= 4 is 22.4 Å². The van der Waals surface area contributed by atoms with Gasteiger partial charge in [-0.25, -0.2) is 9.97 Å². The summed E-state index contributed by atoms with van der Waals surface area (Å²) in [4.78, 5) is 14.9. The number of anilines is 2. The fourth-order valence-corrected chi connectivity index (χ4v) is 4.64. The minimum absolute atomic E-state index is 0.378. The highest BCUT2D eigenvalue weighted by atomic mass is 16.5. The van der Waals surface area contributed by atoms with E-state index in [-0.39, 0.29) is 0 Å². The molecule has 0 aliphatic carbocycles. The van der Waals surface area contributed by atoms with Crippen LogP contribution in [-0.2, 0) is 0 Å². The number of hydrogen-bond donors (Lipinski definition) is 0. The highest BCUT2D eigenvalue weighted by Gasteiger charge is 2.26. The van der Waals surface area contributed by atoms with E-state index in [4.69, 9.17) is 14.7 Å². The number of rotatable bonds is 5. The first-order valence-corrected chi connectivity index (χ1v) is 11.7. The van der Waals surface area contributed by atoms with Crippen molar-refractivity contribution in [2.24, 2.45) is 0 Å². The zero-order valence-corrected chi connectivity index (χ0v) is 19.5. The topological polar surface area (TPSA) is 41.5 Å². The predicted molar refractivity (Wildman–Crippen MR) is 136 cm³/mol. The second-order valence-electron chi connectivity index (χ2n) is 8.67. The van der Waals surface area contributed by atoms with Gasteiger partial charge in [-0.15, -0.1) is 0 Å².